The number of nitrogens with one attached hydrogen (secondary N) is 1. The Labute approximate surface area is 98.3 Å². The van der Waals surface area contributed by atoms with Gasteiger partial charge in [-0.15, -0.1) is 0 Å². The number of hydrogen-bond donors (Lipinski definition) is 1. The van der Waals surface area contributed by atoms with Crippen molar-refractivity contribution in [2.24, 2.45) is 11.8 Å². The third-order valence-corrected chi connectivity index (χ3v) is 3.75. The molecule has 0 amide bonds. The van der Waals surface area contributed by atoms with Crippen LogP contribution in [0.3, 0.4) is 0 Å². The summed E-state index contributed by atoms with van der Waals surface area (Å²) in [4.78, 5) is 1.54. The lowest BCUT2D eigenvalue weighted by Crippen LogP contribution is -2.57. The number of piperidine rings is 1. The average Bonchev–Trinajstić information content (AvgIpc) is 2.17. The lowest BCUT2D eigenvalue weighted by molar-refractivity contribution is -0.145. The zero-order valence-corrected chi connectivity index (χ0v) is 9.86. The third-order valence-electron chi connectivity index (χ3n) is 3.75. The molecule has 6 heteroatoms. The van der Waals surface area contributed by atoms with Crippen molar-refractivity contribution in [2.45, 2.75) is 25.2 Å². The first-order valence-corrected chi connectivity index (χ1v) is 6.00. The van der Waals surface area contributed by atoms with Crippen molar-refractivity contribution < 1.29 is 17.6 Å². The fourth-order valence-corrected chi connectivity index (χ4v) is 2.55. The van der Waals surface area contributed by atoms with E-state index in [9.17, 15) is 17.6 Å². The molecule has 2 nitrogen and oxygen atoms in total. The van der Waals surface area contributed by atoms with Crippen LogP contribution in [0.25, 0.3) is 0 Å². The number of rotatable bonds is 3. The summed E-state index contributed by atoms with van der Waals surface area (Å²) in [5.41, 5.74) is 0. The number of halogens is 4. The van der Waals surface area contributed by atoms with Crippen LogP contribution < -0.4 is 5.32 Å². The molecule has 0 aliphatic carbocycles. The quantitative estimate of drug-likeness (QED) is 0.773. The van der Waals surface area contributed by atoms with Crippen molar-refractivity contribution >= 4 is 0 Å². The van der Waals surface area contributed by atoms with Crippen molar-refractivity contribution in [1.29, 1.82) is 0 Å². The molecule has 2 atom stereocenters. The molecule has 1 N–H and O–H groups in total. The van der Waals surface area contributed by atoms with Gasteiger partial charge in [-0.1, -0.05) is 6.92 Å². The van der Waals surface area contributed by atoms with Crippen LogP contribution >= 0.6 is 0 Å². The first-order chi connectivity index (χ1) is 7.81. The van der Waals surface area contributed by atoms with Gasteiger partial charge < -0.3 is 5.32 Å². The van der Waals surface area contributed by atoms with E-state index in [0.29, 0.717) is 13.1 Å². The molecule has 2 saturated heterocycles. The van der Waals surface area contributed by atoms with Crippen molar-refractivity contribution in [1.82, 2.24) is 10.2 Å². The van der Waals surface area contributed by atoms with Crippen LogP contribution in [-0.2, 0) is 0 Å². The Kier molecular flexibility index (Phi) is 3.38. The Morgan fingerprint density at radius 2 is 1.82 bits per heavy atom. The Hall–Kier alpha value is -0.360. The lowest BCUT2D eigenvalue weighted by atomic mass is 9.84. The van der Waals surface area contributed by atoms with Gasteiger partial charge >= 0.3 is 0 Å². The van der Waals surface area contributed by atoms with Gasteiger partial charge in [0.1, 0.15) is 0 Å². The smallest absolute Gasteiger partial charge is 0.272 e. The van der Waals surface area contributed by atoms with Crippen molar-refractivity contribution in [3.8, 4) is 0 Å². The highest BCUT2D eigenvalue weighted by molar-refractivity contribution is 4.92. The molecule has 0 saturated carbocycles. The molecular weight excluding hydrogens is 236 g/mol. The van der Waals surface area contributed by atoms with E-state index in [1.165, 1.54) is 11.8 Å². The molecule has 0 aromatic heterocycles. The first kappa shape index (κ1) is 13.1. The highest BCUT2D eigenvalue weighted by Gasteiger charge is 2.48. The Balaban J connectivity index is 1.79. The Morgan fingerprint density at radius 1 is 1.18 bits per heavy atom. The largest absolute Gasteiger partial charge is 0.316 e. The fraction of sp³-hybridized carbons (Fsp3) is 1.00. The van der Waals surface area contributed by atoms with E-state index in [2.05, 4.69) is 5.32 Å². The van der Waals surface area contributed by atoms with E-state index in [1.807, 2.05) is 0 Å². The van der Waals surface area contributed by atoms with E-state index in [-0.39, 0.29) is 26.1 Å². The molecule has 0 spiro atoms. The second-order valence-electron chi connectivity index (χ2n) is 5.29. The summed E-state index contributed by atoms with van der Waals surface area (Å²) in [7, 11) is 0. The van der Waals surface area contributed by atoms with Crippen molar-refractivity contribution in [3.05, 3.63) is 0 Å². The van der Waals surface area contributed by atoms with Crippen LogP contribution in [0.2, 0.25) is 0 Å². The van der Waals surface area contributed by atoms with Gasteiger partial charge in [0.25, 0.3) is 11.8 Å². The number of alkyl halides is 4. The summed E-state index contributed by atoms with van der Waals surface area (Å²) in [6.45, 7) is 1.90. The number of likely N-dealkylation sites (tertiary alicyclic amines) is 1. The maximum Gasteiger partial charge on any atom is 0.272 e. The van der Waals surface area contributed by atoms with E-state index in [1.54, 1.807) is 0 Å². The fourth-order valence-electron chi connectivity index (χ4n) is 2.55. The minimum Gasteiger partial charge on any atom is -0.316 e. The molecule has 2 heterocycles. The van der Waals surface area contributed by atoms with Crippen molar-refractivity contribution in [3.63, 3.8) is 0 Å². The Morgan fingerprint density at radius 3 is 2.41 bits per heavy atom. The van der Waals surface area contributed by atoms with Crippen molar-refractivity contribution in [2.75, 3.05) is 32.7 Å². The highest BCUT2D eigenvalue weighted by Crippen LogP contribution is 2.37. The van der Waals surface area contributed by atoms with Crippen LogP contribution in [0.4, 0.5) is 17.6 Å². The summed E-state index contributed by atoms with van der Waals surface area (Å²) in [6.07, 6.45) is 0.278. The molecule has 2 aliphatic heterocycles. The average molecular weight is 254 g/mol. The van der Waals surface area contributed by atoms with Crippen LogP contribution in [0.5, 0.6) is 0 Å². The number of hydrogen-bond acceptors (Lipinski definition) is 2. The topological polar surface area (TPSA) is 15.3 Å². The summed E-state index contributed by atoms with van der Waals surface area (Å²) in [5, 5.41) is 2.97. The zero-order valence-electron chi connectivity index (χ0n) is 9.86. The second-order valence-corrected chi connectivity index (χ2v) is 5.29. The van der Waals surface area contributed by atoms with Crippen LogP contribution in [-0.4, -0.2) is 49.5 Å². The van der Waals surface area contributed by atoms with Gasteiger partial charge in [-0.2, -0.15) is 0 Å². The van der Waals surface area contributed by atoms with E-state index >= 15 is 0 Å². The van der Waals surface area contributed by atoms with Crippen LogP contribution in [0.15, 0.2) is 0 Å². The van der Waals surface area contributed by atoms with Crippen LogP contribution in [0, 0.1) is 11.8 Å². The molecular formula is C11H18F4N2. The van der Waals surface area contributed by atoms with Gasteiger partial charge in [-0.25, -0.2) is 17.6 Å². The van der Waals surface area contributed by atoms with E-state index in [0.717, 1.165) is 0 Å². The molecule has 0 radical (unpaired) electrons. The summed E-state index contributed by atoms with van der Waals surface area (Å²) in [5.74, 6) is -6.71. The Bertz CT molecular complexity index is 275. The SMILES string of the molecule is CC1CNCC(CCN2CC(F)(F)C2)C1(F)F. The standard InChI is InChI=1S/C11H18F4N2/c1-8-4-16-5-9(11(8,14)15)2-3-17-6-10(12,13)7-17/h8-9,16H,2-7H2,1H3. The lowest BCUT2D eigenvalue weighted by Gasteiger charge is -2.41. The summed E-state index contributed by atoms with van der Waals surface area (Å²) >= 11 is 0. The van der Waals surface area contributed by atoms with Gasteiger partial charge in [-0.05, 0) is 13.0 Å². The minimum atomic E-state index is -2.68. The summed E-state index contributed by atoms with van der Waals surface area (Å²) in [6, 6.07) is 0. The zero-order chi connectivity index (χ0) is 12.7. The normalized spacial score (nSPS) is 36.5. The van der Waals surface area contributed by atoms with Gasteiger partial charge in [0.15, 0.2) is 0 Å². The van der Waals surface area contributed by atoms with E-state index < -0.39 is 23.7 Å². The maximum absolute atomic E-state index is 13.8. The highest BCUT2D eigenvalue weighted by atomic mass is 19.3. The molecule has 100 valence electrons. The predicted octanol–water partition coefficient (Wildman–Crippen LogP) is 1.82. The van der Waals surface area contributed by atoms with Gasteiger partial charge in [0, 0.05) is 24.9 Å². The minimum absolute atomic E-state index is 0.278. The molecule has 2 aliphatic rings. The van der Waals surface area contributed by atoms with Gasteiger partial charge in [0.2, 0.25) is 0 Å². The summed E-state index contributed by atoms with van der Waals surface area (Å²) < 4.78 is 52.7. The molecule has 0 aromatic carbocycles. The molecule has 2 unspecified atom stereocenters. The van der Waals surface area contributed by atoms with E-state index in [4.69, 9.17) is 0 Å². The van der Waals surface area contributed by atoms with Gasteiger partial charge in [-0.3, -0.25) is 4.90 Å². The third kappa shape index (κ3) is 2.73. The molecule has 0 aromatic rings. The van der Waals surface area contributed by atoms with Gasteiger partial charge in [0.05, 0.1) is 13.1 Å². The predicted molar refractivity (Wildman–Crippen MR) is 56.5 cm³/mol. The molecule has 2 fully saturated rings. The second kappa shape index (κ2) is 4.39. The van der Waals surface area contributed by atoms with Crippen LogP contribution in [0.1, 0.15) is 13.3 Å². The first-order valence-electron chi connectivity index (χ1n) is 6.00. The molecule has 2 rings (SSSR count). The molecule has 17 heavy (non-hydrogen) atoms. The number of nitrogens with zero attached hydrogens (tertiary/aromatic N) is 1. The monoisotopic (exact) mass is 254 g/mol. The molecule has 0 bridgehead atoms. The maximum atomic E-state index is 13.8.